The van der Waals surface area contributed by atoms with Crippen LogP contribution in [0.2, 0.25) is 0 Å². The fourth-order valence-corrected chi connectivity index (χ4v) is 2.06. The topological polar surface area (TPSA) is 35.2 Å². The second-order valence-corrected chi connectivity index (χ2v) is 6.07. The zero-order valence-corrected chi connectivity index (χ0v) is 12.4. The smallest absolute Gasteiger partial charge is 0.122 e. The van der Waals surface area contributed by atoms with Gasteiger partial charge in [0.1, 0.15) is 5.75 Å². The monoisotopic (exact) mass is 249 g/mol. The van der Waals surface area contributed by atoms with Crippen LogP contribution in [0.3, 0.4) is 0 Å². The summed E-state index contributed by atoms with van der Waals surface area (Å²) in [7, 11) is 1.75. The van der Waals surface area contributed by atoms with E-state index in [9.17, 15) is 0 Å². The summed E-state index contributed by atoms with van der Waals surface area (Å²) in [5.74, 6) is 1.55. The van der Waals surface area contributed by atoms with Crippen molar-refractivity contribution in [2.45, 2.75) is 58.4 Å². The third kappa shape index (κ3) is 4.69. The molecule has 0 unspecified atom stereocenters. The van der Waals surface area contributed by atoms with Crippen LogP contribution >= 0.6 is 0 Å². The van der Waals surface area contributed by atoms with Gasteiger partial charge in [-0.3, -0.25) is 0 Å². The number of nitrogens with two attached hydrogens (primary N) is 1. The lowest BCUT2D eigenvalue weighted by molar-refractivity contribution is 0.405. The minimum Gasteiger partial charge on any atom is -0.496 e. The van der Waals surface area contributed by atoms with Crippen LogP contribution < -0.4 is 10.5 Å². The maximum Gasteiger partial charge on any atom is 0.122 e. The van der Waals surface area contributed by atoms with Gasteiger partial charge in [0.25, 0.3) is 0 Å². The molecule has 2 N–H and O–H groups in total. The molecule has 1 aromatic carbocycles. The van der Waals surface area contributed by atoms with Gasteiger partial charge >= 0.3 is 0 Å². The van der Waals surface area contributed by atoms with E-state index < -0.39 is 0 Å². The molecule has 0 aliphatic rings. The number of methoxy groups -OCH3 is 1. The number of aryl methyl sites for hydroxylation is 1. The lowest BCUT2D eigenvalue weighted by Crippen LogP contribution is -2.31. The Bertz CT molecular complexity index is 377. The first-order valence-corrected chi connectivity index (χ1v) is 6.79. The van der Waals surface area contributed by atoms with E-state index in [0.29, 0.717) is 5.92 Å². The molecule has 0 aromatic heterocycles. The highest BCUT2D eigenvalue weighted by atomic mass is 16.5. The Hall–Kier alpha value is -1.02. The second-order valence-electron chi connectivity index (χ2n) is 6.07. The van der Waals surface area contributed by atoms with E-state index in [-0.39, 0.29) is 5.54 Å². The van der Waals surface area contributed by atoms with Gasteiger partial charge in [0.15, 0.2) is 0 Å². The molecule has 2 nitrogen and oxygen atoms in total. The van der Waals surface area contributed by atoms with Crippen LogP contribution in [0.25, 0.3) is 0 Å². The van der Waals surface area contributed by atoms with Crippen molar-refractivity contribution >= 4 is 0 Å². The third-order valence-corrected chi connectivity index (χ3v) is 3.25. The van der Waals surface area contributed by atoms with Crippen molar-refractivity contribution < 1.29 is 4.74 Å². The number of rotatable bonds is 6. The summed E-state index contributed by atoms with van der Waals surface area (Å²) in [6.45, 7) is 8.55. The predicted octanol–water partition coefficient (Wildman–Crippen LogP) is 3.88. The SMILES string of the molecule is COc1cc(C(C)C)ccc1CCCC(C)(C)N. The number of benzene rings is 1. The molecule has 0 saturated carbocycles. The molecule has 1 rings (SSSR count). The highest BCUT2D eigenvalue weighted by molar-refractivity contribution is 5.38. The molecule has 18 heavy (non-hydrogen) atoms. The van der Waals surface area contributed by atoms with Crippen LogP contribution in [-0.2, 0) is 6.42 Å². The largest absolute Gasteiger partial charge is 0.496 e. The van der Waals surface area contributed by atoms with Crippen molar-refractivity contribution in [3.8, 4) is 5.75 Å². The van der Waals surface area contributed by atoms with Gasteiger partial charge in [-0.25, -0.2) is 0 Å². The molecule has 2 heteroatoms. The van der Waals surface area contributed by atoms with Gasteiger partial charge < -0.3 is 10.5 Å². The highest BCUT2D eigenvalue weighted by Gasteiger charge is 2.11. The van der Waals surface area contributed by atoms with Crippen LogP contribution in [0.15, 0.2) is 18.2 Å². The summed E-state index contributed by atoms with van der Waals surface area (Å²) in [5.41, 5.74) is 8.54. The zero-order chi connectivity index (χ0) is 13.8. The average molecular weight is 249 g/mol. The van der Waals surface area contributed by atoms with E-state index in [1.54, 1.807) is 7.11 Å². The molecule has 0 atom stereocenters. The van der Waals surface area contributed by atoms with Crippen LogP contribution in [0, 0.1) is 0 Å². The van der Waals surface area contributed by atoms with Crippen LogP contribution in [-0.4, -0.2) is 12.6 Å². The molecule has 102 valence electrons. The summed E-state index contributed by atoms with van der Waals surface area (Å²) in [4.78, 5) is 0. The van der Waals surface area contributed by atoms with Crippen molar-refractivity contribution in [3.05, 3.63) is 29.3 Å². The first-order chi connectivity index (χ1) is 8.33. The van der Waals surface area contributed by atoms with Gasteiger partial charge in [0, 0.05) is 5.54 Å². The van der Waals surface area contributed by atoms with Gasteiger partial charge in [-0.1, -0.05) is 26.0 Å². The predicted molar refractivity (Wildman–Crippen MR) is 78.3 cm³/mol. The minimum atomic E-state index is -0.0783. The van der Waals surface area contributed by atoms with E-state index >= 15 is 0 Å². The summed E-state index contributed by atoms with van der Waals surface area (Å²) in [5, 5.41) is 0. The average Bonchev–Trinajstić information content (AvgIpc) is 2.27. The van der Waals surface area contributed by atoms with Gasteiger partial charge in [0.2, 0.25) is 0 Å². The quantitative estimate of drug-likeness (QED) is 0.830. The van der Waals surface area contributed by atoms with Gasteiger partial charge in [-0.2, -0.15) is 0 Å². The first kappa shape index (κ1) is 15.0. The Morgan fingerprint density at radius 1 is 1.28 bits per heavy atom. The zero-order valence-electron chi connectivity index (χ0n) is 12.4. The minimum absolute atomic E-state index is 0.0783. The molecule has 1 aromatic rings. The van der Waals surface area contributed by atoms with Crippen molar-refractivity contribution in [3.63, 3.8) is 0 Å². The van der Waals surface area contributed by atoms with Crippen LogP contribution in [0.4, 0.5) is 0 Å². The summed E-state index contributed by atoms with van der Waals surface area (Å²) in [6, 6.07) is 6.56. The molecule has 0 aliphatic carbocycles. The van der Waals surface area contributed by atoms with E-state index in [1.807, 2.05) is 0 Å². The Morgan fingerprint density at radius 3 is 2.44 bits per heavy atom. The third-order valence-electron chi connectivity index (χ3n) is 3.25. The van der Waals surface area contributed by atoms with Crippen molar-refractivity contribution in [2.75, 3.05) is 7.11 Å². The normalized spacial score (nSPS) is 11.9. The molecule has 0 fully saturated rings. The molecule has 0 bridgehead atoms. The van der Waals surface area contributed by atoms with E-state index in [0.717, 1.165) is 25.0 Å². The van der Waals surface area contributed by atoms with E-state index in [4.69, 9.17) is 10.5 Å². The fraction of sp³-hybridized carbons (Fsp3) is 0.625. The molecule has 0 aliphatic heterocycles. The molecule has 0 saturated heterocycles. The molecular weight excluding hydrogens is 222 g/mol. The lowest BCUT2D eigenvalue weighted by atomic mass is 9.95. The first-order valence-electron chi connectivity index (χ1n) is 6.79. The van der Waals surface area contributed by atoms with Crippen LogP contribution in [0.5, 0.6) is 5.75 Å². The fourth-order valence-electron chi connectivity index (χ4n) is 2.06. The Kier molecular flexibility index (Phi) is 5.21. The maximum atomic E-state index is 6.00. The van der Waals surface area contributed by atoms with Gasteiger partial charge in [-0.15, -0.1) is 0 Å². The summed E-state index contributed by atoms with van der Waals surface area (Å²) in [6.07, 6.45) is 3.16. The number of hydrogen-bond donors (Lipinski definition) is 1. The Morgan fingerprint density at radius 2 is 1.94 bits per heavy atom. The van der Waals surface area contributed by atoms with Crippen molar-refractivity contribution in [1.29, 1.82) is 0 Å². The molecule has 0 radical (unpaired) electrons. The molecule has 0 spiro atoms. The van der Waals surface area contributed by atoms with Gasteiger partial charge in [0.05, 0.1) is 7.11 Å². The Balaban J connectivity index is 2.71. The summed E-state index contributed by atoms with van der Waals surface area (Å²) >= 11 is 0. The van der Waals surface area contributed by atoms with Crippen molar-refractivity contribution in [1.82, 2.24) is 0 Å². The highest BCUT2D eigenvalue weighted by Crippen LogP contribution is 2.26. The van der Waals surface area contributed by atoms with E-state index in [2.05, 4.69) is 45.9 Å². The van der Waals surface area contributed by atoms with Crippen molar-refractivity contribution in [2.24, 2.45) is 5.73 Å². The summed E-state index contributed by atoms with van der Waals surface area (Å²) < 4.78 is 5.49. The maximum absolute atomic E-state index is 6.00. The van der Waals surface area contributed by atoms with Crippen LogP contribution in [0.1, 0.15) is 57.6 Å². The second kappa shape index (κ2) is 6.24. The number of hydrogen-bond acceptors (Lipinski definition) is 2. The molecular formula is C16H27NO. The van der Waals surface area contributed by atoms with Gasteiger partial charge in [-0.05, 0) is 56.2 Å². The number of ether oxygens (including phenoxy) is 1. The Labute approximate surface area is 112 Å². The molecule has 0 heterocycles. The molecule has 0 amide bonds. The standard InChI is InChI=1S/C16H27NO/c1-12(2)14-9-8-13(15(11-14)18-5)7-6-10-16(3,4)17/h8-9,11-12H,6-7,10,17H2,1-5H3. The van der Waals surface area contributed by atoms with E-state index in [1.165, 1.54) is 11.1 Å². The lowest BCUT2D eigenvalue weighted by Gasteiger charge is -2.18.